The highest BCUT2D eigenvalue weighted by Gasteiger charge is 2.29. The predicted molar refractivity (Wildman–Crippen MR) is 74.0 cm³/mol. The lowest BCUT2D eigenvalue weighted by Gasteiger charge is -2.23. The second kappa shape index (κ2) is 5.88. The summed E-state index contributed by atoms with van der Waals surface area (Å²) < 4.78 is 26.5. The van der Waals surface area contributed by atoms with Crippen molar-refractivity contribution < 1.29 is 8.42 Å². The summed E-state index contributed by atoms with van der Waals surface area (Å²) >= 11 is 0. The van der Waals surface area contributed by atoms with E-state index in [1.165, 1.54) is 25.7 Å². The molecule has 0 heterocycles. The molecule has 2 fully saturated rings. The van der Waals surface area contributed by atoms with Crippen LogP contribution >= 0.6 is 0 Å². The standard InChI is InChI=1S/C13H26N2O2S/c1-13(7-2-3-8-13)11-15-18(16,17)10-4-9-14-12-5-6-12/h12,14-15H,2-11H2,1H3. The summed E-state index contributed by atoms with van der Waals surface area (Å²) in [7, 11) is -3.07. The van der Waals surface area contributed by atoms with E-state index in [4.69, 9.17) is 0 Å². The van der Waals surface area contributed by atoms with E-state index in [9.17, 15) is 8.42 Å². The second-order valence-electron chi connectivity index (χ2n) is 6.24. The van der Waals surface area contributed by atoms with Crippen LogP contribution in [-0.2, 0) is 10.0 Å². The Morgan fingerprint density at radius 3 is 2.50 bits per heavy atom. The van der Waals surface area contributed by atoms with Gasteiger partial charge >= 0.3 is 0 Å². The van der Waals surface area contributed by atoms with Crippen molar-refractivity contribution in [1.82, 2.24) is 10.0 Å². The fourth-order valence-electron chi connectivity index (χ4n) is 2.62. The Bertz CT molecular complexity index is 357. The largest absolute Gasteiger partial charge is 0.314 e. The van der Waals surface area contributed by atoms with Crippen LogP contribution in [0.4, 0.5) is 0 Å². The zero-order chi connectivity index (χ0) is 13.1. The summed E-state index contributed by atoms with van der Waals surface area (Å²) in [6.45, 7) is 3.63. The lowest BCUT2D eigenvalue weighted by molar-refractivity contribution is 0.336. The molecular weight excluding hydrogens is 248 g/mol. The van der Waals surface area contributed by atoms with Gasteiger partial charge in [-0.2, -0.15) is 0 Å². The maximum atomic E-state index is 11.9. The number of nitrogens with one attached hydrogen (secondary N) is 2. The maximum absolute atomic E-state index is 11.9. The lowest BCUT2D eigenvalue weighted by atomic mass is 9.89. The molecule has 0 aromatic heterocycles. The molecule has 0 saturated heterocycles. The molecule has 0 bridgehead atoms. The predicted octanol–water partition coefficient (Wildman–Crippen LogP) is 1.63. The first-order chi connectivity index (χ1) is 8.49. The van der Waals surface area contributed by atoms with E-state index < -0.39 is 10.0 Å². The molecule has 2 saturated carbocycles. The number of hydrogen-bond donors (Lipinski definition) is 2. The van der Waals surface area contributed by atoms with E-state index in [1.807, 2.05) is 0 Å². The van der Waals surface area contributed by atoms with Gasteiger partial charge in [0.1, 0.15) is 0 Å². The van der Waals surface area contributed by atoms with Gasteiger partial charge in [-0.15, -0.1) is 0 Å². The number of hydrogen-bond acceptors (Lipinski definition) is 3. The Labute approximate surface area is 111 Å². The monoisotopic (exact) mass is 274 g/mol. The van der Waals surface area contributed by atoms with Gasteiger partial charge in [-0.1, -0.05) is 19.8 Å². The molecule has 5 heteroatoms. The molecule has 18 heavy (non-hydrogen) atoms. The van der Waals surface area contributed by atoms with Crippen molar-refractivity contribution in [2.75, 3.05) is 18.8 Å². The number of sulfonamides is 1. The molecule has 0 aliphatic heterocycles. The summed E-state index contributed by atoms with van der Waals surface area (Å²) in [5.74, 6) is 0.253. The third kappa shape index (κ3) is 4.86. The molecule has 2 aliphatic carbocycles. The van der Waals surface area contributed by atoms with Gasteiger partial charge in [0.25, 0.3) is 0 Å². The zero-order valence-corrected chi connectivity index (χ0v) is 12.2. The second-order valence-corrected chi connectivity index (χ2v) is 8.17. The van der Waals surface area contributed by atoms with Crippen LogP contribution in [0, 0.1) is 5.41 Å². The maximum Gasteiger partial charge on any atom is 0.211 e. The summed E-state index contributed by atoms with van der Waals surface area (Å²) in [5.41, 5.74) is 0.194. The van der Waals surface area contributed by atoms with Crippen LogP contribution in [-0.4, -0.2) is 33.3 Å². The van der Waals surface area contributed by atoms with Crippen LogP contribution < -0.4 is 10.0 Å². The van der Waals surface area contributed by atoms with Gasteiger partial charge < -0.3 is 5.32 Å². The fraction of sp³-hybridized carbons (Fsp3) is 1.00. The topological polar surface area (TPSA) is 58.2 Å². The van der Waals surface area contributed by atoms with Gasteiger partial charge in [0.2, 0.25) is 10.0 Å². The van der Waals surface area contributed by atoms with Crippen molar-refractivity contribution in [2.24, 2.45) is 5.41 Å². The van der Waals surface area contributed by atoms with Gasteiger partial charge in [0.15, 0.2) is 0 Å². The highest BCUT2D eigenvalue weighted by atomic mass is 32.2. The summed E-state index contributed by atoms with van der Waals surface area (Å²) in [4.78, 5) is 0. The first-order valence-corrected chi connectivity index (χ1v) is 8.85. The van der Waals surface area contributed by atoms with Crippen molar-refractivity contribution in [1.29, 1.82) is 0 Å². The molecule has 0 radical (unpaired) electrons. The minimum absolute atomic E-state index is 0.194. The lowest BCUT2D eigenvalue weighted by Crippen LogP contribution is -2.36. The van der Waals surface area contributed by atoms with Crippen LogP contribution in [0.5, 0.6) is 0 Å². The molecule has 106 valence electrons. The molecule has 0 unspecified atom stereocenters. The summed E-state index contributed by atoms with van der Waals surface area (Å²) in [5, 5.41) is 3.34. The van der Waals surface area contributed by atoms with Crippen molar-refractivity contribution in [3.05, 3.63) is 0 Å². The molecule has 0 aromatic carbocycles. The molecule has 2 rings (SSSR count). The third-order valence-corrected chi connectivity index (χ3v) is 5.54. The average molecular weight is 274 g/mol. The molecule has 0 atom stereocenters. The van der Waals surface area contributed by atoms with Crippen LogP contribution in [0.1, 0.15) is 51.9 Å². The van der Waals surface area contributed by atoms with Gasteiger partial charge in [-0.05, 0) is 44.1 Å². The summed E-state index contributed by atoms with van der Waals surface area (Å²) in [6.07, 6.45) is 8.00. The van der Waals surface area contributed by atoms with Gasteiger partial charge in [0.05, 0.1) is 5.75 Å². The van der Waals surface area contributed by atoms with Crippen molar-refractivity contribution in [3.8, 4) is 0 Å². The Morgan fingerprint density at radius 2 is 1.89 bits per heavy atom. The average Bonchev–Trinajstić information content (AvgIpc) is 3.05. The van der Waals surface area contributed by atoms with Gasteiger partial charge in [-0.25, -0.2) is 13.1 Å². The highest BCUT2D eigenvalue weighted by Crippen LogP contribution is 2.36. The summed E-state index contributed by atoms with van der Waals surface area (Å²) in [6, 6.07) is 0.665. The van der Waals surface area contributed by atoms with E-state index >= 15 is 0 Å². The molecule has 0 aromatic rings. The Kier molecular flexibility index (Phi) is 4.67. The van der Waals surface area contributed by atoms with Crippen LogP contribution in [0.25, 0.3) is 0 Å². The Hall–Kier alpha value is -0.130. The Balaban J connectivity index is 1.62. The fourth-order valence-corrected chi connectivity index (χ4v) is 3.85. The SMILES string of the molecule is CC1(CNS(=O)(=O)CCCNC2CC2)CCCC1. The van der Waals surface area contributed by atoms with E-state index in [-0.39, 0.29) is 11.2 Å². The first kappa shape index (κ1) is 14.3. The van der Waals surface area contributed by atoms with Crippen LogP contribution in [0.3, 0.4) is 0 Å². The van der Waals surface area contributed by atoms with E-state index in [0.717, 1.165) is 19.4 Å². The smallest absolute Gasteiger partial charge is 0.211 e. The highest BCUT2D eigenvalue weighted by molar-refractivity contribution is 7.89. The normalized spacial score (nSPS) is 23.4. The van der Waals surface area contributed by atoms with Crippen molar-refractivity contribution in [2.45, 2.75) is 57.9 Å². The molecule has 2 aliphatic rings. The van der Waals surface area contributed by atoms with Crippen molar-refractivity contribution >= 4 is 10.0 Å². The Morgan fingerprint density at radius 1 is 1.22 bits per heavy atom. The zero-order valence-electron chi connectivity index (χ0n) is 11.4. The van der Waals surface area contributed by atoms with Crippen LogP contribution in [0.2, 0.25) is 0 Å². The number of rotatable bonds is 8. The van der Waals surface area contributed by atoms with Gasteiger partial charge in [0, 0.05) is 12.6 Å². The molecule has 0 spiro atoms. The van der Waals surface area contributed by atoms with Crippen LogP contribution in [0.15, 0.2) is 0 Å². The van der Waals surface area contributed by atoms with E-state index in [1.54, 1.807) is 0 Å². The molecule has 0 amide bonds. The molecule has 4 nitrogen and oxygen atoms in total. The minimum atomic E-state index is -3.07. The van der Waals surface area contributed by atoms with Gasteiger partial charge in [-0.3, -0.25) is 0 Å². The van der Waals surface area contributed by atoms with Crippen molar-refractivity contribution in [3.63, 3.8) is 0 Å². The van der Waals surface area contributed by atoms with E-state index in [0.29, 0.717) is 19.0 Å². The first-order valence-electron chi connectivity index (χ1n) is 7.20. The minimum Gasteiger partial charge on any atom is -0.314 e. The third-order valence-electron chi connectivity index (χ3n) is 4.13. The quantitative estimate of drug-likeness (QED) is 0.661. The molecular formula is C13H26N2O2S. The van der Waals surface area contributed by atoms with E-state index in [2.05, 4.69) is 17.0 Å². The molecule has 2 N–H and O–H groups in total.